The van der Waals surface area contributed by atoms with Crippen LogP contribution in [0.3, 0.4) is 0 Å². The molecule has 0 aromatic heterocycles. The number of nitrogens with zero attached hydrogens (tertiary/aromatic N) is 1. The molecule has 0 saturated carbocycles. The van der Waals surface area contributed by atoms with Gasteiger partial charge in [-0.05, 0) is 19.0 Å². The van der Waals surface area contributed by atoms with Crippen molar-refractivity contribution in [1.82, 2.24) is 0 Å². The molecule has 0 saturated heterocycles. The topological polar surface area (TPSA) is 136 Å². The lowest BCUT2D eigenvalue weighted by Crippen LogP contribution is -2.22. The molecule has 17 heavy (non-hydrogen) atoms. The van der Waals surface area contributed by atoms with Gasteiger partial charge in [0.05, 0.1) is 11.0 Å². The summed E-state index contributed by atoms with van der Waals surface area (Å²) in [6.07, 6.45) is -2.19. The van der Waals surface area contributed by atoms with Gasteiger partial charge >= 0.3 is 0 Å². The Morgan fingerprint density at radius 2 is 2.06 bits per heavy atom. The second-order valence-corrected chi connectivity index (χ2v) is 3.66. The number of rotatable bonds is 5. The molecule has 1 aromatic carbocycles. The van der Waals surface area contributed by atoms with Crippen molar-refractivity contribution in [3.8, 4) is 0 Å². The lowest BCUT2D eigenvalue weighted by Gasteiger charge is -2.18. The van der Waals surface area contributed by atoms with Crippen LogP contribution in [0.5, 0.6) is 0 Å². The van der Waals surface area contributed by atoms with E-state index < -0.39 is 17.1 Å². The number of nitro benzene ring substituents is 1. The summed E-state index contributed by atoms with van der Waals surface area (Å²) >= 11 is 0. The highest BCUT2D eigenvalue weighted by Crippen LogP contribution is 2.28. The monoisotopic (exact) mass is 241 g/mol. The van der Waals surface area contributed by atoms with Crippen LogP contribution in [0.2, 0.25) is 0 Å². The van der Waals surface area contributed by atoms with Crippen LogP contribution in [0.1, 0.15) is 18.1 Å². The Morgan fingerprint density at radius 1 is 1.41 bits per heavy atom. The average Bonchev–Trinajstić information content (AvgIpc) is 2.28. The summed E-state index contributed by atoms with van der Waals surface area (Å²) in [5.74, 6) is 0. The predicted molar refractivity (Wildman–Crippen MR) is 62.1 cm³/mol. The molecular formula is C10H15N3O4. The molecule has 7 heteroatoms. The van der Waals surface area contributed by atoms with Crippen molar-refractivity contribution >= 4 is 11.4 Å². The maximum absolute atomic E-state index is 10.6. The number of nitro groups is 1. The van der Waals surface area contributed by atoms with Crippen LogP contribution in [0.25, 0.3) is 0 Å². The third-order valence-electron chi connectivity index (χ3n) is 2.43. The maximum atomic E-state index is 10.6. The minimum atomic E-state index is -1.28. The second kappa shape index (κ2) is 5.58. The van der Waals surface area contributed by atoms with Crippen LogP contribution < -0.4 is 11.5 Å². The van der Waals surface area contributed by atoms with Crippen LogP contribution in [-0.2, 0) is 0 Å². The molecule has 2 atom stereocenters. The first kappa shape index (κ1) is 13.4. The van der Waals surface area contributed by atoms with Gasteiger partial charge in [-0.1, -0.05) is 0 Å². The first-order valence-corrected chi connectivity index (χ1v) is 5.07. The molecule has 0 amide bonds. The number of benzene rings is 1. The zero-order valence-corrected chi connectivity index (χ0v) is 9.11. The van der Waals surface area contributed by atoms with Gasteiger partial charge in [-0.25, -0.2) is 0 Å². The maximum Gasteiger partial charge on any atom is 0.269 e. The quantitative estimate of drug-likeness (QED) is 0.323. The van der Waals surface area contributed by atoms with Crippen LogP contribution in [0.15, 0.2) is 18.2 Å². The molecular weight excluding hydrogens is 226 g/mol. The molecule has 0 fully saturated rings. The number of hydrogen-bond donors (Lipinski definition) is 4. The fourth-order valence-corrected chi connectivity index (χ4v) is 1.47. The van der Waals surface area contributed by atoms with E-state index in [9.17, 15) is 20.3 Å². The molecule has 1 aromatic rings. The van der Waals surface area contributed by atoms with Crippen LogP contribution in [0.4, 0.5) is 11.4 Å². The highest BCUT2D eigenvalue weighted by Gasteiger charge is 2.22. The molecule has 0 radical (unpaired) electrons. The molecule has 0 spiro atoms. The van der Waals surface area contributed by atoms with Gasteiger partial charge in [0.15, 0.2) is 0 Å². The van der Waals surface area contributed by atoms with Crippen molar-refractivity contribution in [1.29, 1.82) is 0 Å². The van der Waals surface area contributed by atoms with Gasteiger partial charge in [0.25, 0.3) is 5.69 Å². The van der Waals surface area contributed by atoms with Gasteiger partial charge in [0.1, 0.15) is 6.10 Å². The Hall–Kier alpha value is -1.70. The molecule has 0 aliphatic heterocycles. The van der Waals surface area contributed by atoms with Crippen LogP contribution >= 0.6 is 0 Å². The van der Waals surface area contributed by atoms with Gasteiger partial charge in [0.2, 0.25) is 0 Å². The lowest BCUT2D eigenvalue weighted by atomic mass is 10.00. The minimum Gasteiger partial charge on any atom is -0.398 e. The summed E-state index contributed by atoms with van der Waals surface area (Å²) in [5.41, 5.74) is 11.0. The second-order valence-electron chi connectivity index (χ2n) is 3.66. The standard InChI is InChI=1S/C10H15N3O4/c11-4-3-9(14)10(15)7-5-6(13(16)17)1-2-8(7)12/h1-2,5,9-10,14-15H,3-4,11-12H2. The fourth-order valence-electron chi connectivity index (χ4n) is 1.47. The highest BCUT2D eigenvalue weighted by molar-refractivity contribution is 5.53. The van der Waals surface area contributed by atoms with Crippen molar-refractivity contribution in [3.63, 3.8) is 0 Å². The molecule has 7 nitrogen and oxygen atoms in total. The van der Waals surface area contributed by atoms with Gasteiger partial charge in [0, 0.05) is 23.4 Å². The van der Waals surface area contributed by atoms with Crippen molar-refractivity contribution in [2.45, 2.75) is 18.6 Å². The lowest BCUT2D eigenvalue weighted by molar-refractivity contribution is -0.385. The number of nitrogens with two attached hydrogens (primary N) is 2. The predicted octanol–water partition coefficient (Wildman–Crippen LogP) is -0.0799. The summed E-state index contributed by atoms with van der Waals surface area (Å²) in [7, 11) is 0. The van der Waals surface area contributed by atoms with Gasteiger partial charge in [-0.3, -0.25) is 10.1 Å². The Labute approximate surface area is 97.8 Å². The third kappa shape index (κ3) is 3.13. The Bertz CT molecular complexity index is 411. The zero-order chi connectivity index (χ0) is 13.0. The van der Waals surface area contributed by atoms with E-state index in [4.69, 9.17) is 11.5 Å². The van der Waals surface area contributed by atoms with E-state index in [-0.39, 0.29) is 29.9 Å². The summed E-state index contributed by atoms with van der Waals surface area (Å²) in [6, 6.07) is 3.71. The Kier molecular flexibility index (Phi) is 4.38. The molecule has 0 heterocycles. The molecule has 0 aliphatic carbocycles. The third-order valence-corrected chi connectivity index (χ3v) is 2.43. The van der Waals surface area contributed by atoms with E-state index in [0.29, 0.717) is 0 Å². The number of hydrogen-bond acceptors (Lipinski definition) is 6. The number of non-ortho nitro benzene ring substituents is 1. The van der Waals surface area contributed by atoms with E-state index in [0.717, 1.165) is 6.07 Å². The summed E-state index contributed by atoms with van der Waals surface area (Å²) < 4.78 is 0. The van der Waals surface area contributed by atoms with Gasteiger partial charge in [-0.2, -0.15) is 0 Å². The van der Waals surface area contributed by atoms with Gasteiger partial charge < -0.3 is 21.7 Å². The van der Waals surface area contributed by atoms with Crippen LogP contribution in [-0.4, -0.2) is 27.8 Å². The van der Waals surface area contributed by atoms with Crippen molar-refractivity contribution in [2.24, 2.45) is 5.73 Å². The highest BCUT2D eigenvalue weighted by atomic mass is 16.6. The van der Waals surface area contributed by atoms with E-state index in [1.807, 2.05) is 0 Å². The Balaban J connectivity index is 3.03. The molecule has 0 bridgehead atoms. The normalized spacial score (nSPS) is 14.3. The van der Waals surface area contributed by atoms with E-state index >= 15 is 0 Å². The SMILES string of the molecule is NCCC(O)C(O)c1cc([N+](=O)[O-])ccc1N. The first-order chi connectivity index (χ1) is 7.97. The smallest absolute Gasteiger partial charge is 0.269 e. The number of nitrogen functional groups attached to an aromatic ring is 1. The van der Waals surface area contributed by atoms with Crippen molar-refractivity contribution < 1.29 is 15.1 Å². The molecule has 94 valence electrons. The van der Waals surface area contributed by atoms with Crippen LogP contribution in [0, 0.1) is 10.1 Å². The van der Waals surface area contributed by atoms with E-state index in [1.54, 1.807) is 0 Å². The minimum absolute atomic E-state index is 0.139. The number of aliphatic hydroxyl groups is 2. The fraction of sp³-hybridized carbons (Fsp3) is 0.400. The van der Waals surface area contributed by atoms with E-state index in [1.165, 1.54) is 12.1 Å². The van der Waals surface area contributed by atoms with E-state index in [2.05, 4.69) is 0 Å². The Morgan fingerprint density at radius 3 is 2.59 bits per heavy atom. The summed E-state index contributed by atoms with van der Waals surface area (Å²) in [5, 5.41) is 30.0. The largest absolute Gasteiger partial charge is 0.398 e. The molecule has 0 aliphatic rings. The summed E-state index contributed by atoms with van der Waals surface area (Å²) in [6.45, 7) is 0.201. The number of anilines is 1. The molecule has 2 unspecified atom stereocenters. The molecule has 6 N–H and O–H groups in total. The number of aliphatic hydroxyl groups excluding tert-OH is 2. The molecule has 1 rings (SSSR count). The summed E-state index contributed by atoms with van der Waals surface area (Å²) in [4.78, 5) is 9.99. The van der Waals surface area contributed by atoms with Crippen molar-refractivity contribution in [2.75, 3.05) is 12.3 Å². The first-order valence-electron chi connectivity index (χ1n) is 5.07. The average molecular weight is 241 g/mol. The zero-order valence-electron chi connectivity index (χ0n) is 9.11. The van der Waals surface area contributed by atoms with Gasteiger partial charge in [-0.15, -0.1) is 0 Å². The van der Waals surface area contributed by atoms with Crippen molar-refractivity contribution in [3.05, 3.63) is 33.9 Å².